The van der Waals surface area contributed by atoms with E-state index in [0.29, 0.717) is 0 Å². The Balaban J connectivity index is 0.000000200. The molecule has 0 saturated heterocycles. The van der Waals surface area contributed by atoms with Crippen LogP contribution in [0.5, 0.6) is 0 Å². The van der Waals surface area contributed by atoms with Gasteiger partial charge in [-0.25, -0.2) is 0 Å². The summed E-state index contributed by atoms with van der Waals surface area (Å²) in [6.45, 7) is 6.47. The van der Waals surface area contributed by atoms with Crippen LogP contribution in [0.4, 0.5) is 4.39 Å². The second-order valence-electron chi connectivity index (χ2n) is 12.5. The third kappa shape index (κ3) is 7.07. The average molecular weight is 844 g/mol. The Kier molecular flexibility index (Phi) is 10.1. The maximum Gasteiger partial charge on any atom is 0 e. The molecule has 3 aromatic heterocycles. The van der Waals surface area contributed by atoms with Gasteiger partial charge in [-0.05, 0) is 60.9 Å². The topological polar surface area (TPSA) is 38.9 Å². The third-order valence-electron chi connectivity index (χ3n) is 8.00. The van der Waals surface area contributed by atoms with E-state index in [1.165, 1.54) is 44.3 Å². The molecule has 0 bridgehead atoms. The standard InChI is InChI=1S/C26H20NO.C14H15FGeN.Ir/c1-16-13-17(2)25(18(3)14-16)19-11-12-27-23(15-19)22-9-6-8-21-20-7-4-5-10-24(20)28-26(21)22;1-16(2,3)13-8-9-14(17-10-13)11-4-6-12(15)7-5-11;/h4-8,10-15H,1-3H3;4,6-10H,1-3H3;/q2*-1;. The maximum absolute atomic E-state index is 12.8. The zero-order valence-electron chi connectivity index (χ0n) is 26.8. The first-order valence-electron chi connectivity index (χ1n) is 15.1. The van der Waals surface area contributed by atoms with Gasteiger partial charge in [0.2, 0.25) is 0 Å². The number of hydrogen-bond donors (Lipinski definition) is 0. The van der Waals surface area contributed by atoms with E-state index in [-0.39, 0.29) is 25.9 Å². The number of nitrogens with zero attached hydrogens (tertiary/aromatic N) is 2. The van der Waals surface area contributed by atoms with Gasteiger partial charge in [0.05, 0.1) is 5.58 Å². The van der Waals surface area contributed by atoms with Crippen molar-refractivity contribution >= 4 is 39.6 Å². The summed E-state index contributed by atoms with van der Waals surface area (Å²) in [6, 6.07) is 35.7. The Morgan fingerprint density at radius 2 is 1.52 bits per heavy atom. The molecule has 46 heavy (non-hydrogen) atoms. The SMILES string of the molecule is Cc1cc(C)c(-c2ccnc(-c3[c-]ccc4c3oc3ccccc34)c2)c(C)c1.[CH3][Ge]([CH3])([CH3])[c]1ccc(-c2[c-]cc(F)cc2)nc1.[Ir]. The van der Waals surface area contributed by atoms with Crippen molar-refractivity contribution in [2.75, 3.05) is 0 Å². The minimum atomic E-state index is -1.79. The number of fused-ring (bicyclic) bond motifs is 3. The molecule has 7 rings (SSSR count). The fourth-order valence-corrected chi connectivity index (χ4v) is 7.97. The van der Waals surface area contributed by atoms with Gasteiger partial charge >= 0.3 is 104 Å². The van der Waals surface area contributed by atoms with Crippen LogP contribution < -0.4 is 4.40 Å². The summed E-state index contributed by atoms with van der Waals surface area (Å²) in [7, 11) is 0. The van der Waals surface area contributed by atoms with E-state index >= 15 is 0 Å². The molecule has 0 N–H and O–H groups in total. The molecule has 3 heterocycles. The molecule has 0 aliphatic carbocycles. The minimum absolute atomic E-state index is 0. The number of halogens is 1. The number of aryl methyl sites for hydroxylation is 3. The minimum Gasteiger partial charge on any atom is 0 e. The molecular weight excluding hydrogens is 808 g/mol. The van der Waals surface area contributed by atoms with E-state index in [1.807, 2.05) is 42.7 Å². The van der Waals surface area contributed by atoms with Crippen molar-refractivity contribution in [3.05, 3.63) is 138 Å². The summed E-state index contributed by atoms with van der Waals surface area (Å²) >= 11 is -1.79. The van der Waals surface area contributed by atoms with Crippen LogP contribution in [0, 0.1) is 38.7 Å². The summed E-state index contributed by atoms with van der Waals surface area (Å²) in [5.74, 6) is 6.73. The van der Waals surface area contributed by atoms with Crippen LogP contribution in [0.2, 0.25) is 17.3 Å². The Labute approximate surface area is 286 Å². The normalized spacial score (nSPS) is 11.2. The zero-order valence-corrected chi connectivity index (χ0v) is 31.3. The Morgan fingerprint density at radius 1 is 0.761 bits per heavy atom. The average Bonchev–Trinajstić information content (AvgIpc) is 3.40. The van der Waals surface area contributed by atoms with Crippen molar-refractivity contribution < 1.29 is 28.9 Å². The predicted molar refractivity (Wildman–Crippen MR) is 187 cm³/mol. The Hall–Kier alpha value is -3.90. The zero-order chi connectivity index (χ0) is 31.7. The molecule has 4 aromatic carbocycles. The number of furan rings is 1. The maximum atomic E-state index is 12.8. The first-order chi connectivity index (χ1) is 21.6. The Morgan fingerprint density at radius 3 is 2.20 bits per heavy atom. The molecule has 0 aliphatic heterocycles. The van der Waals surface area contributed by atoms with Gasteiger partial charge < -0.3 is 9.40 Å². The fraction of sp³-hybridized carbons (Fsp3) is 0.150. The second-order valence-corrected chi connectivity index (χ2v) is 23.2. The number of hydrogen-bond acceptors (Lipinski definition) is 3. The summed E-state index contributed by atoms with van der Waals surface area (Å²) in [6.07, 6.45) is 3.82. The molecule has 1 radical (unpaired) electrons. The number of aromatic nitrogens is 2. The molecule has 0 atom stereocenters. The van der Waals surface area contributed by atoms with Gasteiger partial charge in [0.1, 0.15) is 5.58 Å². The van der Waals surface area contributed by atoms with Crippen LogP contribution in [0.25, 0.3) is 55.6 Å². The van der Waals surface area contributed by atoms with Crippen molar-refractivity contribution in [1.82, 2.24) is 9.97 Å². The van der Waals surface area contributed by atoms with Gasteiger partial charge in [0.15, 0.2) is 0 Å². The summed E-state index contributed by atoms with van der Waals surface area (Å²) in [5.41, 5.74) is 11.5. The fourth-order valence-electron chi connectivity index (χ4n) is 5.80. The quantitative estimate of drug-likeness (QED) is 0.131. The van der Waals surface area contributed by atoms with Gasteiger partial charge in [-0.15, -0.1) is 18.2 Å². The molecule has 233 valence electrons. The molecule has 0 amide bonds. The van der Waals surface area contributed by atoms with E-state index in [2.05, 4.69) is 103 Å². The summed E-state index contributed by atoms with van der Waals surface area (Å²) in [5, 5.41) is 2.22. The van der Waals surface area contributed by atoms with Crippen molar-refractivity contribution in [1.29, 1.82) is 0 Å². The monoisotopic (exact) mass is 845 g/mol. The molecule has 6 heteroatoms. The number of rotatable bonds is 4. The molecular formula is C40H35FGeIrN2O-2. The number of para-hydroxylation sites is 1. The van der Waals surface area contributed by atoms with Gasteiger partial charge in [0, 0.05) is 31.7 Å². The second kappa shape index (κ2) is 13.8. The van der Waals surface area contributed by atoms with Gasteiger partial charge in [-0.2, -0.15) is 0 Å². The van der Waals surface area contributed by atoms with Gasteiger partial charge in [-0.3, -0.25) is 0 Å². The largest absolute Gasteiger partial charge is 0 e. The molecule has 0 unspecified atom stereocenters. The molecule has 0 aliphatic rings. The summed E-state index contributed by atoms with van der Waals surface area (Å²) in [4.78, 5) is 9.08. The molecule has 3 nitrogen and oxygen atoms in total. The first kappa shape index (κ1) is 33.5. The van der Waals surface area contributed by atoms with Crippen LogP contribution in [-0.4, -0.2) is 23.2 Å². The van der Waals surface area contributed by atoms with E-state index in [1.54, 1.807) is 6.07 Å². The van der Waals surface area contributed by atoms with Crippen molar-refractivity contribution in [2.45, 2.75) is 38.0 Å². The van der Waals surface area contributed by atoms with Crippen LogP contribution in [-0.2, 0) is 20.1 Å². The van der Waals surface area contributed by atoms with Crippen LogP contribution in [0.3, 0.4) is 0 Å². The molecule has 0 spiro atoms. The number of pyridine rings is 2. The summed E-state index contributed by atoms with van der Waals surface area (Å²) < 4.78 is 20.3. The van der Waals surface area contributed by atoms with Crippen molar-refractivity contribution in [3.63, 3.8) is 0 Å². The van der Waals surface area contributed by atoms with Gasteiger partial charge in [-0.1, -0.05) is 52.9 Å². The van der Waals surface area contributed by atoms with Crippen molar-refractivity contribution in [3.8, 4) is 33.6 Å². The predicted octanol–water partition coefficient (Wildman–Crippen LogP) is 10.3. The third-order valence-corrected chi connectivity index (χ3v) is 12.3. The van der Waals surface area contributed by atoms with Crippen LogP contribution in [0.1, 0.15) is 16.7 Å². The smallest absolute Gasteiger partial charge is 0 e. The van der Waals surface area contributed by atoms with Crippen LogP contribution >= 0.6 is 0 Å². The first-order valence-corrected chi connectivity index (χ1v) is 22.4. The molecule has 0 fully saturated rings. The van der Waals surface area contributed by atoms with Gasteiger partial charge in [0.25, 0.3) is 0 Å². The molecule has 0 saturated carbocycles. The Bertz CT molecular complexity index is 2110. The van der Waals surface area contributed by atoms with E-state index < -0.39 is 13.3 Å². The molecule has 7 aromatic rings. The van der Waals surface area contributed by atoms with E-state index in [9.17, 15) is 4.39 Å². The van der Waals surface area contributed by atoms with E-state index in [4.69, 9.17) is 4.42 Å². The number of benzene rings is 4. The van der Waals surface area contributed by atoms with Crippen LogP contribution in [0.15, 0.2) is 108 Å². The van der Waals surface area contributed by atoms with Crippen molar-refractivity contribution in [2.24, 2.45) is 0 Å². The van der Waals surface area contributed by atoms with E-state index in [0.717, 1.165) is 44.5 Å².